The molecule has 16 heavy (non-hydrogen) atoms. The maximum atomic E-state index is 6.11. The van der Waals surface area contributed by atoms with Crippen molar-refractivity contribution in [1.82, 2.24) is 9.55 Å². The molecule has 1 aromatic heterocycles. The first-order valence-corrected chi connectivity index (χ1v) is 5.70. The molecule has 2 N–H and O–H groups in total. The van der Waals surface area contributed by atoms with Crippen LogP contribution < -0.4 is 5.73 Å². The largest absolute Gasteiger partial charge is 0.383 e. The first-order valence-electron chi connectivity index (χ1n) is 5.70. The van der Waals surface area contributed by atoms with E-state index in [1.54, 1.807) is 0 Å². The summed E-state index contributed by atoms with van der Waals surface area (Å²) in [4.78, 5) is 4.63. The fourth-order valence-electron chi connectivity index (χ4n) is 1.75. The minimum atomic E-state index is -0.0353. The number of aryl methyl sites for hydroxylation is 1. The Morgan fingerprint density at radius 1 is 1.44 bits per heavy atom. The average molecular weight is 219 g/mol. The molecule has 1 heterocycles. The van der Waals surface area contributed by atoms with E-state index in [1.165, 1.54) is 0 Å². The van der Waals surface area contributed by atoms with Crippen molar-refractivity contribution < 1.29 is 0 Å². The van der Waals surface area contributed by atoms with Gasteiger partial charge >= 0.3 is 0 Å². The summed E-state index contributed by atoms with van der Waals surface area (Å²) in [7, 11) is 0. The molecular formula is C13H21N3. The predicted molar refractivity (Wildman–Crippen MR) is 68.2 cm³/mol. The van der Waals surface area contributed by atoms with Crippen LogP contribution in [0.15, 0.2) is 0 Å². The molecule has 0 aromatic carbocycles. The Hall–Kier alpha value is -1.43. The van der Waals surface area contributed by atoms with Gasteiger partial charge in [0.25, 0.3) is 0 Å². The molecule has 0 spiro atoms. The Labute approximate surface area is 98.1 Å². The zero-order chi connectivity index (χ0) is 12.3. The summed E-state index contributed by atoms with van der Waals surface area (Å²) in [6.07, 6.45) is 7.32. The van der Waals surface area contributed by atoms with Gasteiger partial charge in [0, 0.05) is 11.8 Å². The van der Waals surface area contributed by atoms with Crippen molar-refractivity contribution in [3.63, 3.8) is 0 Å². The van der Waals surface area contributed by atoms with E-state index in [9.17, 15) is 0 Å². The molecule has 0 aliphatic rings. The lowest BCUT2D eigenvalue weighted by Gasteiger charge is -2.16. The van der Waals surface area contributed by atoms with Crippen molar-refractivity contribution in [3.05, 3.63) is 11.5 Å². The topological polar surface area (TPSA) is 43.8 Å². The molecule has 0 unspecified atom stereocenters. The molecule has 1 rings (SSSR count). The summed E-state index contributed by atoms with van der Waals surface area (Å²) in [5, 5.41) is 0. The van der Waals surface area contributed by atoms with Crippen LogP contribution in [0.1, 0.15) is 45.6 Å². The number of nitrogen functional groups attached to an aromatic ring is 1. The first kappa shape index (κ1) is 12.6. The van der Waals surface area contributed by atoms with Crippen molar-refractivity contribution >= 4 is 5.82 Å². The van der Waals surface area contributed by atoms with Crippen LogP contribution in [-0.2, 0) is 18.4 Å². The van der Waals surface area contributed by atoms with E-state index in [-0.39, 0.29) is 5.41 Å². The fraction of sp³-hybridized carbons (Fsp3) is 0.615. The monoisotopic (exact) mass is 219 g/mol. The van der Waals surface area contributed by atoms with E-state index in [0.717, 1.165) is 24.4 Å². The van der Waals surface area contributed by atoms with Gasteiger partial charge in [0.1, 0.15) is 11.6 Å². The van der Waals surface area contributed by atoms with Crippen LogP contribution in [0.3, 0.4) is 0 Å². The second-order valence-electron chi connectivity index (χ2n) is 5.05. The number of hydrogen-bond donors (Lipinski definition) is 1. The summed E-state index contributed by atoms with van der Waals surface area (Å²) < 4.78 is 1.95. The van der Waals surface area contributed by atoms with Crippen LogP contribution in [0.2, 0.25) is 0 Å². The number of aromatic nitrogens is 2. The summed E-state index contributed by atoms with van der Waals surface area (Å²) in [5.41, 5.74) is 7.03. The zero-order valence-electron chi connectivity index (χ0n) is 10.7. The smallest absolute Gasteiger partial charge is 0.128 e. The normalized spacial score (nSPS) is 11.4. The molecule has 0 radical (unpaired) electrons. The summed E-state index contributed by atoms with van der Waals surface area (Å²) in [6, 6.07) is 0. The van der Waals surface area contributed by atoms with Crippen LogP contribution in [-0.4, -0.2) is 9.55 Å². The molecule has 3 nitrogen and oxygen atoms in total. The minimum absolute atomic E-state index is 0.0353. The highest BCUT2D eigenvalue weighted by Crippen LogP contribution is 2.28. The van der Waals surface area contributed by atoms with Gasteiger partial charge in [-0.25, -0.2) is 4.98 Å². The Bertz CT molecular complexity index is 402. The predicted octanol–water partition coefficient (Wildman–Crippen LogP) is 2.35. The number of terminal acetylenes is 1. The molecule has 0 amide bonds. The molecule has 3 heteroatoms. The van der Waals surface area contributed by atoms with Crippen molar-refractivity contribution in [3.8, 4) is 12.3 Å². The highest BCUT2D eigenvalue weighted by atomic mass is 15.1. The number of anilines is 1. The van der Waals surface area contributed by atoms with Gasteiger partial charge in [-0.2, -0.15) is 0 Å². The van der Waals surface area contributed by atoms with E-state index in [1.807, 2.05) is 4.57 Å². The molecule has 0 atom stereocenters. The van der Waals surface area contributed by atoms with Crippen LogP contribution in [0.5, 0.6) is 0 Å². The Kier molecular flexibility index (Phi) is 3.64. The molecule has 0 aliphatic heterocycles. The van der Waals surface area contributed by atoms with Crippen LogP contribution in [0.4, 0.5) is 5.82 Å². The second kappa shape index (κ2) is 4.61. The second-order valence-corrected chi connectivity index (χ2v) is 5.05. The lowest BCUT2D eigenvalue weighted by Crippen LogP contribution is -2.15. The molecule has 1 aromatic rings. The average Bonchev–Trinajstić information content (AvgIpc) is 2.46. The van der Waals surface area contributed by atoms with Crippen LogP contribution in [0, 0.1) is 12.3 Å². The number of imidazole rings is 1. The first-order chi connectivity index (χ1) is 7.41. The summed E-state index contributed by atoms with van der Waals surface area (Å²) in [6.45, 7) is 8.97. The number of nitrogens with zero attached hydrogens (tertiary/aromatic N) is 2. The third-order valence-corrected chi connectivity index (χ3v) is 2.52. The van der Waals surface area contributed by atoms with E-state index < -0.39 is 0 Å². The lowest BCUT2D eigenvalue weighted by molar-refractivity contribution is 0.572. The molecular weight excluding hydrogens is 198 g/mol. The van der Waals surface area contributed by atoms with E-state index >= 15 is 0 Å². The molecule has 0 fully saturated rings. The van der Waals surface area contributed by atoms with Gasteiger partial charge < -0.3 is 10.3 Å². The van der Waals surface area contributed by atoms with Crippen molar-refractivity contribution in [2.75, 3.05) is 5.73 Å². The molecule has 0 saturated heterocycles. The standard InChI is InChI=1S/C13H21N3/c1-6-8-10-15-11(13(3,4)5)12(14)16(10)9-7-2/h2H,6,8-9,14H2,1,3-5H3. The Morgan fingerprint density at radius 3 is 2.50 bits per heavy atom. The van der Waals surface area contributed by atoms with Crippen molar-refractivity contribution in [1.29, 1.82) is 0 Å². The number of rotatable bonds is 3. The van der Waals surface area contributed by atoms with Gasteiger partial charge in [0.05, 0.1) is 12.2 Å². The van der Waals surface area contributed by atoms with Crippen molar-refractivity contribution in [2.24, 2.45) is 0 Å². The van der Waals surface area contributed by atoms with E-state index in [2.05, 4.69) is 38.6 Å². The highest BCUT2D eigenvalue weighted by molar-refractivity contribution is 5.43. The van der Waals surface area contributed by atoms with Gasteiger partial charge in [-0.1, -0.05) is 33.6 Å². The number of nitrogens with two attached hydrogens (primary N) is 1. The van der Waals surface area contributed by atoms with Gasteiger partial charge in [-0.3, -0.25) is 0 Å². The van der Waals surface area contributed by atoms with Crippen LogP contribution >= 0.6 is 0 Å². The number of hydrogen-bond acceptors (Lipinski definition) is 2. The zero-order valence-corrected chi connectivity index (χ0v) is 10.7. The maximum absolute atomic E-state index is 6.11. The van der Waals surface area contributed by atoms with Gasteiger partial charge in [-0.05, 0) is 6.42 Å². The third kappa shape index (κ3) is 2.38. The Morgan fingerprint density at radius 2 is 2.06 bits per heavy atom. The maximum Gasteiger partial charge on any atom is 0.128 e. The summed E-state index contributed by atoms with van der Waals surface area (Å²) in [5.74, 6) is 4.35. The molecule has 88 valence electrons. The fourth-order valence-corrected chi connectivity index (χ4v) is 1.75. The SMILES string of the molecule is C#CCn1c(CCC)nc(C(C)(C)C)c1N. The van der Waals surface area contributed by atoms with E-state index in [0.29, 0.717) is 12.4 Å². The highest BCUT2D eigenvalue weighted by Gasteiger charge is 2.24. The molecule has 0 saturated carbocycles. The van der Waals surface area contributed by atoms with Gasteiger partial charge in [-0.15, -0.1) is 6.42 Å². The quantitative estimate of drug-likeness (QED) is 0.793. The van der Waals surface area contributed by atoms with Gasteiger partial charge in [0.2, 0.25) is 0 Å². The summed E-state index contributed by atoms with van der Waals surface area (Å²) >= 11 is 0. The van der Waals surface area contributed by atoms with Crippen LogP contribution in [0.25, 0.3) is 0 Å². The minimum Gasteiger partial charge on any atom is -0.383 e. The van der Waals surface area contributed by atoms with Gasteiger partial charge in [0.15, 0.2) is 0 Å². The Balaban J connectivity index is 3.25. The van der Waals surface area contributed by atoms with E-state index in [4.69, 9.17) is 12.2 Å². The molecule has 0 aliphatic carbocycles. The molecule has 0 bridgehead atoms. The van der Waals surface area contributed by atoms with Crippen molar-refractivity contribution in [2.45, 2.75) is 52.5 Å². The third-order valence-electron chi connectivity index (χ3n) is 2.52. The lowest BCUT2D eigenvalue weighted by atomic mass is 9.92.